The fourth-order valence-corrected chi connectivity index (χ4v) is 2.47. The molecule has 0 unspecified atom stereocenters. The van der Waals surface area contributed by atoms with E-state index in [1.54, 1.807) is 7.11 Å². The van der Waals surface area contributed by atoms with Gasteiger partial charge in [-0.15, -0.1) is 0 Å². The highest BCUT2D eigenvalue weighted by molar-refractivity contribution is 5.79. The summed E-state index contributed by atoms with van der Waals surface area (Å²) in [6.45, 7) is 0. The molecule has 0 aliphatic heterocycles. The lowest BCUT2D eigenvalue weighted by molar-refractivity contribution is -0.121. The molecule has 1 amide bonds. The van der Waals surface area contributed by atoms with Crippen LogP contribution in [0.15, 0.2) is 24.3 Å². The summed E-state index contributed by atoms with van der Waals surface area (Å²) >= 11 is 0. The number of hydrogen-bond donors (Lipinski definition) is 2. The highest BCUT2D eigenvalue weighted by Gasteiger charge is 2.20. The number of nitrogens with one attached hydrogen (secondary N) is 1. The number of aliphatic hydroxyl groups excluding tert-OH is 1. The molecular formula is C15H21NO3. The molecule has 1 aliphatic carbocycles. The zero-order valence-electron chi connectivity index (χ0n) is 11.3. The standard InChI is InChI=1S/C15H21NO3/c1-19-14-4-2-3-11(9-14)10-15(18)16-12-5-7-13(17)8-6-12/h2-4,9,12-13,17H,5-8,10H2,1H3,(H,16,18). The van der Waals surface area contributed by atoms with Gasteiger partial charge in [0.05, 0.1) is 19.6 Å². The quantitative estimate of drug-likeness (QED) is 0.868. The van der Waals surface area contributed by atoms with Crippen LogP contribution < -0.4 is 10.1 Å². The van der Waals surface area contributed by atoms with E-state index in [4.69, 9.17) is 4.74 Å². The van der Waals surface area contributed by atoms with Gasteiger partial charge in [0.2, 0.25) is 5.91 Å². The Morgan fingerprint density at radius 1 is 1.37 bits per heavy atom. The summed E-state index contributed by atoms with van der Waals surface area (Å²) < 4.78 is 5.14. The topological polar surface area (TPSA) is 58.6 Å². The highest BCUT2D eigenvalue weighted by atomic mass is 16.5. The lowest BCUT2D eigenvalue weighted by Crippen LogP contribution is -2.39. The molecule has 4 heteroatoms. The molecule has 1 aliphatic rings. The number of ether oxygens (including phenoxy) is 1. The third-order valence-electron chi connectivity index (χ3n) is 3.56. The molecule has 0 bridgehead atoms. The first kappa shape index (κ1) is 13.9. The maximum Gasteiger partial charge on any atom is 0.224 e. The summed E-state index contributed by atoms with van der Waals surface area (Å²) in [4.78, 5) is 11.9. The molecule has 2 rings (SSSR count). The van der Waals surface area contributed by atoms with E-state index in [1.807, 2.05) is 24.3 Å². The monoisotopic (exact) mass is 263 g/mol. The molecule has 1 aromatic carbocycles. The molecule has 104 valence electrons. The second-order valence-corrected chi connectivity index (χ2v) is 5.10. The van der Waals surface area contributed by atoms with E-state index in [9.17, 15) is 9.90 Å². The van der Waals surface area contributed by atoms with Gasteiger partial charge < -0.3 is 15.2 Å². The van der Waals surface area contributed by atoms with Crippen molar-refractivity contribution in [3.63, 3.8) is 0 Å². The predicted molar refractivity (Wildman–Crippen MR) is 73.1 cm³/mol. The Morgan fingerprint density at radius 3 is 2.79 bits per heavy atom. The van der Waals surface area contributed by atoms with E-state index in [-0.39, 0.29) is 18.1 Å². The second-order valence-electron chi connectivity index (χ2n) is 5.10. The first-order valence-electron chi connectivity index (χ1n) is 6.77. The van der Waals surface area contributed by atoms with Gasteiger partial charge >= 0.3 is 0 Å². The van der Waals surface area contributed by atoms with Crippen LogP contribution in [0.1, 0.15) is 31.2 Å². The molecule has 0 saturated heterocycles. The van der Waals surface area contributed by atoms with Crippen molar-refractivity contribution in [2.24, 2.45) is 0 Å². The van der Waals surface area contributed by atoms with Crippen molar-refractivity contribution in [1.29, 1.82) is 0 Å². The lowest BCUT2D eigenvalue weighted by atomic mass is 9.93. The Kier molecular flexibility index (Phi) is 4.80. The third kappa shape index (κ3) is 4.24. The van der Waals surface area contributed by atoms with Gasteiger partial charge in [0, 0.05) is 6.04 Å². The molecule has 0 aromatic heterocycles. The number of carbonyl (C=O) groups excluding carboxylic acids is 1. The molecule has 1 saturated carbocycles. The summed E-state index contributed by atoms with van der Waals surface area (Å²) in [5, 5.41) is 12.5. The van der Waals surface area contributed by atoms with Crippen molar-refractivity contribution in [1.82, 2.24) is 5.32 Å². The van der Waals surface area contributed by atoms with Gasteiger partial charge in [0.25, 0.3) is 0 Å². The minimum absolute atomic E-state index is 0.0367. The number of amides is 1. The molecule has 0 spiro atoms. The molecule has 19 heavy (non-hydrogen) atoms. The fourth-order valence-electron chi connectivity index (χ4n) is 2.47. The number of hydrogen-bond acceptors (Lipinski definition) is 3. The molecule has 1 aromatic rings. The Balaban J connectivity index is 1.83. The van der Waals surface area contributed by atoms with E-state index in [2.05, 4.69) is 5.32 Å². The first-order valence-corrected chi connectivity index (χ1v) is 6.77. The van der Waals surface area contributed by atoms with Crippen molar-refractivity contribution in [2.45, 2.75) is 44.2 Å². The summed E-state index contributed by atoms with van der Waals surface area (Å²) in [6, 6.07) is 7.76. The van der Waals surface area contributed by atoms with E-state index in [0.29, 0.717) is 6.42 Å². The maximum atomic E-state index is 11.9. The molecule has 2 N–H and O–H groups in total. The van der Waals surface area contributed by atoms with Crippen LogP contribution in [0.25, 0.3) is 0 Å². The molecular weight excluding hydrogens is 242 g/mol. The molecule has 4 nitrogen and oxygen atoms in total. The molecule has 0 radical (unpaired) electrons. The van der Waals surface area contributed by atoms with Gasteiger partial charge in [0.15, 0.2) is 0 Å². The van der Waals surface area contributed by atoms with Gasteiger partial charge in [0.1, 0.15) is 5.75 Å². The van der Waals surface area contributed by atoms with Crippen LogP contribution >= 0.6 is 0 Å². The van der Waals surface area contributed by atoms with Crippen LogP contribution in [-0.4, -0.2) is 30.3 Å². The Hall–Kier alpha value is -1.55. The first-order chi connectivity index (χ1) is 9.17. The van der Waals surface area contributed by atoms with Crippen LogP contribution in [0, 0.1) is 0 Å². The molecule has 0 atom stereocenters. The smallest absolute Gasteiger partial charge is 0.224 e. The number of benzene rings is 1. The lowest BCUT2D eigenvalue weighted by Gasteiger charge is -2.26. The zero-order valence-corrected chi connectivity index (χ0v) is 11.3. The van der Waals surface area contributed by atoms with E-state index < -0.39 is 0 Å². The summed E-state index contributed by atoms with van der Waals surface area (Å²) in [6.07, 6.45) is 3.48. The summed E-state index contributed by atoms with van der Waals surface area (Å²) in [5.74, 6) is 0.806. The van der Waals surface area contributed by atoms with Crippen LogP contribution in [0.3, 0.4) is 0 Å². The molecule has 0 heterocycles. The van der Waals surface area contributed by atoms with Crippen molar-refractivity contribution >= 4 is 5.91 Å². The van der Waals surface area contributed by atoms with E-state index >= 15 is 0 Å². The van der Waals surface area contributed by atoms with Gasteiger partial charge in [-0.1, -0.05) is 12.1 Å². The highest BCUT2D eigenvalue weighted by Crippen LogP contribution is 2.18. The Bertz CT molecular complexity index is 425. The number of rotatable bonds is 4. The van der Waals surface area contributed by atoms with Crippen molar-refractivity contribution in [3.8, 4) is 5.75 Å². The van der Waals surface area contributed by atoms with Crippen LogP contribution in [0.2, 0.25) is 0 Å². The van der Waals surface area contributed by atoms with E-state index in [0.717, 1.165) is 37.0 Å². The van der Waals surface area contributed by atoms with Crippen LogP contribution in [-0.2, 0) is 11.2 Å². The fraction of sp³-hybridized carbons (Fsp3) is 0.533. The number of aliphatic hydroxyl groups is 1. The Labute approximate surface area is 113 Å². The van der Waals surface area contributed by atoms with Crippen molar-refractivity contribution in [2.75, 3.05) is 7.11 Å². The minimum atomic E-state index is -0.188. The van der Waals surface area contributed by atoms with Gasteiger partial charge in [-0.2, -0.15) is 0 Å². The van der Waals surface area contributed by atoms with Crippen molar-refractivity contribution < 1.29 is 14.6 Å². The number of methoxy groups -OCH3 is 1. The van der Waals surface area contributed by atoms with Crippen molar-refractivity contribution in [3.05, 3.63) is 29.8 Å². The normalized spacial score (nSPS) is 22.8. The van der Waals surface area contributed by atoms with E-state index in [1.165, 1.54) is 0 Å². The Morgan fingerprint density at radius 2 is 2.11 bits per heavy atom. The average molecular weight is 263 g/mol. The molecule has 1 fully saturated rings. The zero-order chi connectivity index (χ0) is 13.7. The SMILES string of the molecule is COc1cccc(CC(=O)NC2CCC(O)CC2)c1. The van der Waals surface area contributed by atoms with Crippen LogP contribution in [0.4, 0.5) is 0 Å². The maximum absolute atomic E-state index is 11.9. The average Bonchev–Trinajstić information content (AvgIpc) is 2.41. The largest absolute Gasteiger partial charge is 0.497 e. The van der Waals surface area contributed by atoms with Crippen LogP contribution in [0.5, 0.6) is 5.75 Å². The van der Waals surface area contributed by atoms with Gasteiger partial charge in [-0.05, 0) is 43.4 Å². The summed E-state index contributed by atoms with van der Waals surface area (Å²) in [7, 11) is 1.62. The van der Waals surface area contributed by atoms with Gasteiger partial charge in [-0.3, -0.25) is 4.79 Å². The minimum Gasteiger partial charge on any atom is -0.497 e. The number of carbonyl (C=O) groups is 1. The second kappa shape index (κ2) is 6.57. The summed E-state index contributed by atoms with van der Waals surface area (Å²) in [5.41, 5.74) is 0.952. The predicted octanol–water partition coefficient (Wildman–Crippen LogP) is 1.66. The van der Waals surface area contributed by atoms with Gasteiger partial charge in [-0.25, -0.2) is 0 Å². The third-order valence-corrected chi connectivity index (χ3v) is 3.56.